The molecule has 1 nitrogen and oxygen atoms in total. The van der Waals surface area contributed by atoms with Crippen molar-refractivity contribution in [2.75, 3.05) is 0 Å². The average Bonchev–Trinajstić information content (AvgIpc) is 2.18. The molecule has 78 valence electrons. The maximum atomic E-state index is 12.7. The van der Waals surface area contributed by atoms with Crippen molar-refractivity contribution in [3.63, 3.8) is 0 Å². The molecule has 1 aromatic rings. The second-order valence-corrected chi connectivity index (χ2v) is 3.68. The molecule has 0 aliphatic rings. The lowest BCUT2D eigenvalue weighted by Gasteiger charge is -2.00. The van der Waals surface area contributed by atoms with E-state index in [1.54, 1.807) is 12.3 Å². The summed E-state index contributed by atoms with van der Waals surface area (Å²) in [4.78, 5) is 3.82. The quantitative estimate of drug-likeness (QED) is 0.630. The molecule has 0 spiro atoms. The Bertz CT molecular complexity index is 260. The van der Waals surface area contributed by atoms with Crippen molar-refractivity contribution in [2.24, 2.45) is 0 Å². The summed E-state index contributed by atoms with van der Waals surface area (Å²) in [6.45, 7) is 2.20. The van der Waals surface area contributed by atoms with Gasteiger partial charge in [-0.2, -0.15) is 0 Å². The van der Waals surface area contributed by atoms with Gasteiger partial charge in [0.25, 0.3) is 0 Å². The molecular formula is C12H18FN. The maximum absolute atomic E-state index is 12.7. The Hall–Kier alpha value is -0.920. The molecule has 0 fully saturated rings. The lowest BCUT2D eigenvalue weighted by atomic mass is 10.1. The topological polar surface area (TPSA) is 12.9 Å². The predicted molar refractivity (Wildman–Crippen MR) is 56.7 cm³/mol. The van der Waals surface area contributed by atoms with E-state index in [1.807, 2.05) is 0 Å². The number of aryl methyl sites for hydroxylation is 1. The third-order valence-electron chi connectivity index (χ3n) is 2.33. The Morgan fingerprint density at radius 3 is 2.64 bits per heavy atom. The van der Waals surface area contributed by atoms with Gasteiger partial charge < -0.3 is 0 Å². The minimum absolute atomic E-state index is 0.226. The van der Waals surface area contributed by atoms with E-state index in [2.05, 4.69) is 11.9 Å². The molecule has 1 aromatic heterocycles. The molecule has 0 aliphatic heterocycles. The Morgan fingerprint density at radius 2 is 1.93 bits per heavy atom. The number of halogens is 1. The Balaban J connectivity index is 2.18. The van der Waals surface area contributed by atoms with E-state index in [0.29, 0.717) is 0 Å². The van der Waals surface area contributed by atoms with Gasteiger partial charge in [-0.15, -0.1) is 0 Å². The van der Waals surface area contributed by atoms with Gasteiger partial charge in [0.15, 0.2) is 0 Å². The molecule has 2 heteroatoms. The zero-order valence-corrected chi connectivity index (χ0v) is 8.80. The highest BCUT2D eigenvalue weighted by atomic mass is 19.1. The standard InChI is InChI=1S/C12H18FN/c1-2-3-4-5-6-7-11-8-12(13)10-14-9-11/h8-10H,2-7H2,1H3. The number of hydrogen-bond acceptors (Lipinski definition) is 1. The van der Waals surface area contributed by atoms with Crippen LogP contribution in [-0.2, 0) is 6.42 Å². The molecule has 0 radical (unpaired) electrons. The molecule has 0 saturated heterocycles. The molecule has 0 aliphatic carbocycles. The Morgan fingerprint density at radius 1 is 1.14 bits per heavy atom. The number of unbranched alkanes of at least 4 members (excludes halogenated alkanes) is 4. The molecule has 1 heterocycles. The molecule has 0 unspecified atom stereocenters. The van der Waals surface area contributed by atoms with Gasteiger partial charge in [-0.25, -0.2) is 4.39 Å². The lowest BCUT2D eigenvalue weighted by molar-refractivity contribution is 0.609. The summed E-state index contributed by atoms with van der Waals surface area (Å²) in [5.41, 5.74) is 1.02. The Labute approximate surface area is 85.4 Å². The molecule has 1 rings (SSSR count). The summed E-state index contributed by atoms with van der Waals surface area (Å²) in [6, 6.07) is 1.58. The first-order valence-corrected chi connectivity index (χ1v) is 5.42. The van der Waals surface area contributed by atoms with Crippen LogP contribution in [0.1, 0.15) is 44.6 Å². The molecule has 0 atom stereocenters. The highest BCUT2D eigenvalue weighted by Gasteiger charge is 1.96. The number of nitrogens with zero attached hydrogens (tertiary/aromatic N) is 1. The van der Waals surface area contributed by atoms with Crippen LogP contribution in [0.2, 0.25) is 0 Å². The van der Waals surface area contributed by atoms with E-state index >= 15 is 0 Å². The van der Waals surface area contributed by atoms with Crippen molar-refractivity contribution in [1.82, 2.24) is 4.98 Å². The molecule has 0 saturated carbocycles. The minimum Gasteiger partial charge on any atom is -0.261 e. The van der Waals surface area contributed by atoms with E-state index in [9.17, 15) is 4.39 Å². The van der Waals surface area contributed by atoms with Crippen molar-refractivity contribution in [3.05, 3.63) is 29.8 Å². The molecule has 0 N–H and O–H groups in total. The van der Waals surface area contributed by atoms with Gasteiger partial charge in [0.2, 0.25) is 0 Å². The van der Waals surface area contributed by atoms with E-state index in [0.717, 1.165) is 18.4 Å². The molecule has 0 aromatic carbocycles. The van der Waals surface area contributed by atoms with Gasteiger partial charge in [-0.3, -0.25) is 4.98 Å². The number of aromatic nitrogens is 1. The molecular weight excluding hydrogens is 177 g/mol. The number of pyridine rings is 1. The third kappa shape index (κ3) is 4.35. The predicted octanol–water partition coefficient (Wildman–Crippen LogP) is 3.73. The Kier molecular flexibility index (Phi) is 5.20. The zero-order valence-electron chi connectivity index (χ0n) is 8.80. The van der Waals surface area contributed by atoms with Crippen molar-refractivity contribution in [1.29, 1.82) is 0 Å². The second-order valence-electron chi connectivity index (χ2n) is 3.68. The molecule has 0 bridgehead atoms. The van der Waals surface area contributed by atoms with Gasteiger partial charge in [-0.1, -0.05) is 32.6 Å². The van der Waals surface area contributed by atoms with E-state index in [1.165, 1.54) is 31.9 Å². The van der Waals surface area contributed by atoms with E-state index in [-0.39, 0.29) is 5.82 Å². The van der Waals surface area contributed by atoms with Crippen LogP contribution in [0.5, 0.6) is 0 Å². The van der Waals surface area contributed by atoms with Crippen molar-refractivity contribution < 1.29 is 4.39 Å². The van der Waals surface area contributed by atoms with Gasteiger partial charge in [0, 0.05) is 6.20 Å². The monoisotopic (exact) mass is 195 g/mol. The summed E-state index contributed by atoms with van der Waals surface area (Å²) in [7, 11) is 0. The van der Waals surface area contributed by atoms with Crippen molar-refractivity contribution in [2.45, 2.75) is 45.4 Å². The van der Waals surface area contributed by atoms with Crippen LogP contribution in [0.4, 0.5) is 4.39 Å². The maximum Gasteiger partial charge on any atom is 0.141 e. The van der Waals surface area contributed by atoms with Gasteiger partial charge in [0.05, 0.1) is 6.20 Å². The summed E-state index contributed by atoms with van der Waals surface area (Å²) < 4.78 is 12.7. The normalized spacial score (nSPS) is 10.4. The largest absolute Gasteiger partial charge is 0.261 e. The van der Waals surface area contributed by atoms with Crippen molar-refractivity contribution in [3.8, 4) is 0 Å². The first kappa shape index (κ1) is 11.2. The summed E-state index contributed by atoms with van der Waals surface area (Å²) in [5.74, 6) is -0.226. The smallest absolute Gasteiger partial charge is 0.141 e. The van der Waals surface area contributed by atoms with Crippen LogP contribution >= 0.6 is 0 Å². The molecule has 0 amide bonds. The minimum atomic E-state index is -0.226. The number of rotatable bonds is 6. The van der Waals surface area contributed by atoms with Crippen LogP contribution in [0.3, 0.4) is 0 Å². The highest BCUT2D eigenvalue weighted by molar-refractivity contribution is 5.09. The zero-order chi connectivity index (χ0) is 10.2. The van der Waals surface area contributed by atoms with Crippen LogP contribution in [-0.4, -0.2) is 4.98 Å². The van der Waals surface area contributed by atoms with E-state index < -0.39 is 0 Å². The highest BCUT2D eigenvalue weighted by Crippen LogP contribution is 2.08. The van der Waals surface area contributed by atoms with Gasteiger partial charge in [0.1, 0.15) is 5.82 Å². The second kappa shape index (κ2) is 6.52. The lowest BCUT2D eigenvalue weighted by Crippen LogP contribution is -1.89. The summed E-state index contributed by atoms with van der Waals surface area (Å²) >= 11 is 0. The average molecular weight is 195 g/mol. The van der Waals surface area contributed by atoms with E-state index in [4.69, 9.17) is 0 Å². The van der Waals surface area contributed by atoms with Gasteiger partial charge in [-0.05, 0) is 24.5 Å². The van der Waals surface area contributed by atoms with Crippen LogP contribution in [0.25, 0.3) is 0 Å². The molecule has 14 heavy (non-hydrogen) atoms. The summed E-state index contributed by atoms with van der Waals surface area (Å²) in [5, 5.41) is 0. The third-order valence-corrected chi connectivity index (χ3v) is 2.33. The fourth-order valence-corrected chi connectivity index (χ4v) is 1.53. The van der Waals surface area contributed by atoms with Crippen molar-refractivity contribution >= 4 is 0 Å². The van der Waals surface area contributed by atoms with Crippen LogP contribution in [0.15, 0.2) is 18.5 Å². The summed E-state index contributed by atoms with van der Waals surface area (Å²) in [6.07, 6.45) is 10.2. The number of hydrogen-bond donors (Lipinski definition) is 0. The van der Waals surface area contributed by atoms with Crippen LogP contribution in [0, 0.1) is 5.82 Å². The van der Waals surface area contributed by atoms with Crippen LogP contribution < -0.4 is 0 Å². The SMILES string of the molecule is CCCCCCCc1cncc(F)c1. The van der Waals surface area contributed by atoms with Gasteiger partial charge >= 0.3 is 0 Å². The first-order valence-electron chi connectivity index (χ1n) is 5.42. The first-order chi connectivity index (χ1) is 6.83. The fraction of sp³-hybridized carbons (Fsp3) is 0.583. The fourth-order valence-electron chi connectivity index (χ4n) is 1.53.